The van der Waals surface area contributed by atoms with E-state index in [-0.39, 0.29) is 54.5 Å². The third kappa shape index (κ3) is 16.5. The van der Waals surface area contributed by atoms with Gasteiger partial charge in [0.15, 0.2) is 0 Å². The van der Waals surface area contributed by atoms with Crippen molar-refractivity contribution >= 4 is 29.4 Å². The highest BCUT2D eigenvalue weighted by atomic mass is 16.5. The number of ether oxygens (including phenoxy) is 2. The quantitative estimate of drug-likeness (QED) is 0.106. The lowest BCUT2D eigenvalue weighted by Crippen LogP contribution is -2.55. The van der Waals surface area contributed by atoms with Crippen LogP contribution in [0.5, 0.6) is 0 Å². The Hall–Kier alpha value is -4.11. The van der Waals surface area contributed by atoms with Crippen molar-refractivity contribution in [2.75, 3.05) is 53.8 Å². The molecule has 1 fully saturated rings. The maximum absolute atomic E-state index is 14.1. The van der Waals surface area contributed by atoms with Gasteiger partial charge < -0.3 is 40.3 Å². The number of pyridine rings is 1. The summed E-state index contributed by atoms with van der Waals surface area (Å²) in [5.74, 6) is -0.861. The van der Waals surface area contributed by atoms with Crippen molar-refractivity contribution in [2.45, 2.75) is 150 Å². The number of aromatic nitrogens is 1. The summed E-state index contributed by atoms with van der Waals surface area (Å²) in [6, 6.07) is 11.2. The van der Waals surface area contributed by atoms with Crippen LogP contribution in [0.15, 0.2) is 48.7 Å². The molecule has 1 saturated heterocycles. The predicted octanol–water partition coefficient (Wildman–Crippen LogP) is 6.30. The van der Waals surface area contributed by atoms with Crippen molar-refractivity contribution in [1.82, 2.24) is 30.3 Å². The molecule has 0 bridgehead atoms. The lowest BCUT2D eigenvalue weighted by molar-refractivity contribution is -0.146. The second-order valence-corrected chi connectivity index (χ2v) is 16.6. The van der Waals surface area contributed by atoms with Gasteiger partial charge in [0.25, 0.3) is 0 Å². The Balaban J connectivity index is 0.00000367. The molecule has 14 heteroatoms. The molecule has 1 aliphatic rings. The van der Waals surface area contributed by atoms with Crippen LogP contribution in [-0.2, 0) is 35.2 Å². The van der Waals surface area contributed by atoms with Crippen LogP contribution in [0.3, 0.4) is 0 Å². The molecule has 1 aliphatic heterocycles. The number of aliphatic hydroxyl groups is 1. The van der Waals surface area contributed by atoms with Crippen molar-refractivity contribution in [3.05, 3.63) is 59.8 Å². The number of likely N-dealkylation sites (tertiary alicyclic amines) is 1. The minimum atomic E-state index is -0.882. The number of anilines is 1. The highest BCUT2D eigenvalue weighted by Gasteiger charge is 2.42. The molecule has 0 radical (unpaired) electrons. The van der Waals surface area contributed by atoms with Crippen LogP contribution < -0.4 is 16.0 Å². The summed E-state index contributed by atoms with van der Waals surface area (Å²) >= 11 is 0. The van der Waals surface area contributed by atoms with Gasteiger partial charge in [0, 0.05) is 47.6 Å². The van der Waals surface area contributed by atoms with Gasteiger partial charge in [0.2, 0.25) is 23.6 Å². The number of likely N-dealkylation sites (N-methyl/N-ethyl adjacent to an activating group) is 2. The molecular formula is C48H83N7O7. The normalized spacial score (nSPS) is 17.5. The molecule has 4 amide bonds. The molecule has 3 rings (SSSR count). The van der Waals surface area contributed by atoms with E-state index in [1.165, 1.54) is 6.42 Å². The number of hydrogen-bond acceptors (Lipinski definition) is 10. The number of aliphatic hydroxyl groups excluding tert-OH is 1. The summed E-state index contributed by atoms with van der Waals surface area (Å²) in [6.45, 7) is 20.6. The number of carbonyl (C=O) groups is 4. The molecule has 62 heavy (non-hydrogen) atoms. The van der Waals surface area contributed by atoms with Crippen LogP contribution in [-0.4, -0.2) is 133 Å². The minimum Gasteiger partial charge on any atom is -0.386 e. The number of carbonyl (C=O) groups excluding carboxylic acids is 4. The van der Waals surface area contributed by atoms with Crippen LogP contribution in [0.2, 0.25) is 0 Å². The molecule has 2 heterocycles. The maximum atomic E-state index is 14.1. The lowest BCUT2D eigenvalue weighted by atomic mass is 9.90. The first-order valence-corrected chi connectivity index (χ1v) is 22.8. The van der Waals surface area contributed by atoms with Crippen molar-refractivity contribution in [2.24, 2.45) is 17.8 Å². The van der Waals surface area contributed by atoms with Gasteiger partial charge in [-0.3, -0.25) is 24.1 Å². The monoisotopic (exact) mass is 870 g/mol. The third-order valence-corrected chi connectivity index (χ3v) is 11.6. The minimum absolute atomic E-state index is 0.0216. The Morgan fingerprint density at radius 2 is 1.58 bits per heavy atom. The average molecular weight is 870 g/mol. The lowest BCUT2D eigenvalue weighted by Gasteiger charge is -2.39. The first-order valence-electron chi connectivity index (χ1n) is 22.8. The Morgan fingerprint density at radius 1 is 0.952 bits per heavy atom. The molecule has 2 aromatic rings. The SMILES string of the molecule is CC.CCC.CCC(C)C(C(CC(=O)N1CCC[C@H]1C(OC)[C@@H](C)C(=O)NC(C)C(O)c1ccccc1)OC)N(C)C(=O)CNC(=O)C(C(C)C)N(C)Cc1ccnc(NC)c1. The topological polar surface area (TPSA) is 166 Å². The number of rotatable bonds is 22. The summed E-state index contributed by atoms with van der Waals surface area (Å²) in [7, 11) is 8.50. The van der Waals surface area contributed by atoms with E-state index in [9.17, 15) is 24.3 Å². The van der Waals surface area contributed by atoms with E-state index in [1.807, 2.05) is 103 Å². The molecule has 0 aliphatic carbocycles. The van der Waals surface area contributed by atoms with Crippen LogP contribution >= 0.6 is 0 Å². The Kier molecular flexibility index (Phi) is 26.4. The highest BCUT2D eigenvalue weighted by Crippen LogP contribution is 2.30. The molecule has 0 spiro atoms. The largest absolute Gasteiger partial charge is 0.386 e. The van der Waals surface area contributed by atoms with E-state index in [0.717, 1.165) is 24.2 Å². The van der Waals surface area contributed by atoms with Gasteiger partial charge in [-0.05, 0) is 61.9 Å². The van der Waals surface area contributed by atoms with Gasteiger partial charge in [-0.1, -0.05) is 105 Å². The smallest absolute Gasteiger partial charge is 0.242 e. The highest BCUT2D eigenvalue weighted by molar-refractivity contribution is 5.88. The first kappa shape index (κ1) is 55.9. The molecule has 4 N–H and O–H groups in total. The first-order chi connectivity index (χ1) is 29.5. The summed E-state index contributed by atoms with van der Waals surface area (Å²) < 4.78 is 11.9. The zero-order valence-corrected chi connectivity index (χ0v) is 40.7. The molecular weight excluding hydrogens is 787 g/mol. The zero-order chi connectivity index (χ0) is 47.1. The van der Waals surface area contributed by atoms with E-state index in [2.05, 4.69) is 34.8 Å². The van der Waals surface area contributed by atoms with E-state index in [4.69, 9.17) is 9.47 Å². The van der Waals surface area contributed by atoms with Gasteiger partial charge in [0.1, 0.15) is 5.82 Å². The zero-order valence-electron chi connectivity index (χ0n) is 40.7. The van der Waals surface area contributed by atoms with Crippen LogP contribution in [0.1, 0.15) is 119 Å². The number of amides is 4. The fraction of sp³-hybridized carbons (Fsp3) is 0.688. The molecule has 352 valence electrons. The van der Waals surface area contributed by atoms with Gasteiger partial charge in [-0.25, -0.2) is 4.98 Å². The number of benzene rings is 1. The fourth-order valence-electron chi connectivity index (χ4n) is 8.20. The van der Waals surface area contributed by atoms with Gasteiger partial charge >= 0.3 is 0 Å². The fourth-order valence-corrected chi connectivity index (χ4v) is 8.20. The van der Waals surface area contributed by atoms with Crippen LogP contribution in [0, 0.1) is 17.8 Å². The second kappa shape index (κ2) is 29.3. The van der Waals surface area contributed by atoms with Crippen LogP contribution in [0.25, 0.3) is 0 Å². The summed E-state index contributed by atoms with van der Waals surface area (Å²) in [6.07, 6.45) is 3.06. The molecule has 0 saturated carbocycles. The van der Waals surface area contributed by atoms with Crippen LogP contribution in [0.4, 0.5) is 5.82 Å². The Labute approximate surface area is 374 Å². The number of nitrogens with zero attached hydrogens (tertiary/aromatic N) is 4. The molecule has 9 atom stereocenters. The predicted molar refractivity (Wildman–Crippen MR) is 249 cm³/mol. The summed E-state index contributed by atoms with van der Waals surface area (Å²) in [5.41, 5.74) is 1.71. The standard InChI is InChI=1S/C43H69N7O7.C3H8.C2H6/c1-12-28(4)39(49(9)37(52)25-46-43(55)38(27(2)3)48(8)26-31-20-21-45-35(23-31)44-7)34(56-10)24-36(51)50-22-16-19-33(50)41(57-11)29(5)42(54)47-30(6)40(53)32-17-14-13-15-18-32;1-3-2;1-2/h13-15,17-18,20-21,23,27-30,33-34,38-41,53H,12,16,19,22,24-26H2,1-11H3,(H,44,45)(H,46,55)(H,47,54);3H2,1-2H3;1-2H3/t28?,29-,30?,33+,34?,38?,39?,40?,41?;;/m1../s1. The molecule has 14 nitrogen and oxygen atoms in total. The second-order valence-electron chi connectivity index (χ2n) is 16.6. The number of hydrogen-bond donors (Lipinski definition) is 4. The van der Waals surface area contributed by atoms with E-state index < -0.39 is 42.4 Å². The van der Waals surface area contributed by atoms with Gasteiger partial charge in [-0.2, -0.15) is 0 Å². The Bertz CT molecular complexity index is 1600. The summed E-state index contributed by atoms with van der Waals surface area (Å²) in [5, 5.41) is 19.7. The summed E-state index contributed by atoms with van der Waals surface area (Å²) in [4.78, 5) is 64.6. The van der Waals surface area contributed by atoms with Crippen molar-refractivity contribution in [3.8, 4) is 0 Å². The van der Waals surface area contributed by atoms with Crippen molar-refractivity contribution in [3.63, 3.8) is 0 Å². The molecule has 1 aromatic heterocycles. The van der Waals surface area contributed by atoms with Crippen molar-refractivity contribution < 1.29 is 33.8 Å². The number of nitrogens with one attached hydrogen (secondary N) is 3. The molecule has 1 aromatic carbocycles. The van der Waals surface area contributed by atoms with Gasteiger partial charge in [-0.15, -0.1) is 0 Å². The van der Waals surface area contributed by atoms with E-state index in [1.54, 1.807) is 51.1 Å². The third-order valence-electron chi connectivity index (χ3n) is 11.6. The Morgan fingerprint density at radius 3 is 2.13 bits per heavy atom. The van der Waals surface area contributed by atoms with Gasteiger partial charge in [0.05, 0.1) is 61.4 Å². The molecule has 7 unspecified atom stereocenters. The maximum Gasteiger partial charge on any atom is 0.242 e. The van der Waals surface area contributed by atoms with Crippen molar-refractivity contribution in [1.29, 1.82) is 0 Å². The van der Waals surface area contributed by atoms with E-state index in [0.29, 0.717) is 25.1 Å². The number of methoxy groups -OCH3 is 2. The average Bonchev–Trinajstić information content (AvgIpc) is 3.76. The van der Waals surface area contributed by atoms with E-state index >= 15 is 0 Å².